The highest BCUT2D eigenvalue weighted by Gasteiger charge is 2.21. The molecule has 0 saturated carbocycles. The van der Waals surface area contributed by atoms with Crippen LogP contribution in [-0.4, -0.2) is 81.2 Å². The predicted molar refractivity (Wildman–Crippen MR) is 88.3 cm³/mol. The predicted octanol–water partition coefficient (Wildman–Crippen LogP) is 0.169. The van der Waals surface area contributed by atoms with E-state index in [9.17, 15) is 14.4 Å². The van der Waals surface area contributed by atoms with Crippen molar-refractivity contribution in [3.8, 4) is 5.75 Å². The molecule has 0 radical (unpaired) electrons. The zero-order valence-electron chi connectivity index (χ0n) is 14.4. The fourth-order valence-corrected chi connectivity index (χ4v) is 2.33. The molecule has 2 rings (SSSR count). The Hall–Kier alpha value is -2.61. The van der Waals surface area contributed by atoms with Crippen molar-refractivity contribution in [1.29, 1.82) is 0 Å². The number of hydrogen-bond acceptors (Lipinski definition) is 6. The third-order valence-electron chi connectivity index (χ3n) is 3.82. The van der Waals surface area contributed by atoms with Crippen LogP contribution in [0.5, 0.6) is 5.75 Å². The molecule has 1 saturated heterocycles. The lowest BCUT2D eigenvalue weighted by atomic mass is 10.2. The van der Waals surface area contributed by atoms with Crippen LogP contribution in [0.25, 0.3) is 0 Å². The van der Waals surface area contributed by atoms with Crippen molar-refractivity contribution in [2.75, 3.05) is 53.6 Å². The van der Waals surface area contributed by atoms with E-state index in [0.717, 1.165) is 0 Å². The van der Waals surface area contributed by atoms with Crippen LogP contribution in [0.15, 0.2) is 24.3 Å². The summed E-state index contributed by atoms with van der Waals surface area (Å²) in [5.41, 5.74) is 0.241. The molecule has 25 heavy (non-hydrogen) atoms. The second-order valence-electron chi connectivity index (χ2n) is 5.52. The third kappa shape index (κ3) is 5.18. The number of methoxy groups -OCH3 is 1. The standard InChI is InChI=1S/C17H22N2O6/c1-18(11-15(20)19-7-9-24-10-8-19)16(21)12-25-17(22)13-5-3-4-6-14(13)23-2/h3-6H,7-12H2,1-2H3. The van der Waals surface area contributed by atoms with Crippen molar-refractivity contribution < 1.29 is 28.6 Å². The quantitative estimate of drug-likeness (QED) is 0.680. The first-order valence-electron chi connectivity index (χ1n) is 7.92. The summed E-state index contributed by atoms with van der Waals surface area (Å²) in [4.78, 5) is 39.1. The number of carbonyl (C=O) groups is 3. The lowest BCUT2D eigenvalue weighted by molar-refractivity contribution is -0.143. The fraction of sp³-hybridized carbons (Fsp3) is 0.471. The smallest absolute Gasteiger partial charge is 0.342 e. The number of nitrogens with zero attached hydrogens (tertiary/aromatic N) is 2. The monoisotopic (exact) mass is 350 g/mol. The van der Waals surface area contributed by atoms with Crippen LogP contribution in [0.3, 0.4) is 0 Å². The molecule has 1 fully saturated rings. The van der Waals surface area contributed by atoms with E-state index in [-0.39, 0.29) is 18.0 Å². The maximum Gasteiger partial charge on any atom is 0.342 e. The summed E-state index contributed by atoms with van der Waals surface area (Å²) in [5.74, 6) is -0.894. The molecule has 136 valence electrons. The summed E-state index contributed by atoms with van der Waals surface area (Å²) >= 11 is 0. The van der Waals surface area contributed by atoms with E-state index in [1.54, 1.807) is 29.2 Å². The lowest BCUT2D eigenvalue weighted by Crippen LogP contribution is -2.46. The van der Waals surface area contributed by atoms with E-state index in [0.29, 0.717) is 32.1 Å². The molecule has 0 unspecified atom stereocenters. The number of hydrogen-bond donors (Lipinski definition) is 0. The normalized spacial score (nSPS) is 13.9. The van der Waals surface area contributed by atoms with Crippen molar-refractivity contribution in [3.63, 3.8) is 0 Å². The van der Waals surface area contributed by atoms with E-state index >= 15 is 0 Å². The van der Waals surface area contributed by atoms with Gasteiger partial charge in [-0.3, -0.25) is 9.59 Å². The van der Waals surface area contributed by atoms with Crippen molar-refractivity contribution in [1.82, 2.24) is 9.80 Å². The Morgan fingerprint density at radius 3 is 2.56 bits per heavy atom. The number of ether oxygens (including phenoxy) is 3. The number of para-hydroxylation sites is 1. The second kappa shape index (κ2) is 9.03. The van der Waals surface area contributed by atoms with Gasteiger partial charge in [-0.2, -0.15) is 0 Å². The van der Waals surface area contributed by atoms with Gasteiger partial charge in [-0.05, 0) is 12.1 Å². The first-order chi connectivity index (χ1) is 12.0. The summed E-state index contributed by atoms with van der Waals surface area (Å²) in [6.45, 7) is 1.53. The Balaban J connectivity index is 1.82. The van der Waals surface area contributed by atoms with Gasteiger partial charge in [0.2, 0.25) is 5.91 Å². The highest BCUT2D eigenvalue weighted by Crippen LogP contribution is 2.18. The van der Waals surface area contributed by atoms with E-state index < -0.39 is 18.5 Å². The number of benzene rings is 1. The number of carbonyl (C=O) groups excluding carboxylic acids is 3. The van der Waals surface area contributed by atoms with Gasteiger partial charge < -0.3 is 24.0 Å². The molecule has 0 aliphatic carbocycles. The van der Waals surface area contributed by atoms with E-state index in [1.165, 1.54) is 19.1 Å². The average Bonchev–Trinajstić information content (AvgIpc) is 2.66. The highest BCUT2D eigenvalue weighted by molar-refractivity contribution is 5.94. The molecule has 1 heterocycles. The summed E-state index contributed by atoms with van der Waals surface area (Å²) in [6.07, 6.45) is 0. The maximum atomic E-state index is 12.1. The Morgan fingerprint density at radius 2 is 1.88 bits per heavy atom. The average molecular weight is 350 g/mol. The van der Waals surface area contributed by atoms with Gasteiger partial charge in [-0.15, -0.1) is 0 Å². The van der Waals surface area contributed by atoms with Crippen LogP contribution in [0, 0.1) is 0 Å². The van der Waals surface area contributed by atoms with Gasteiger partial charge in [0.1, 0.15) is 11.3 Å². The first-order valence-corrected chi connectivity index (χ1v) is 7.92. The number of rotatable bonds is 6. The number of esters is 1. The lowest BCUT2D eigenvalue weighted by Gasteiger charge is -2.28. The van der Waals surface area contributed by atoms with E-state index in [1.807, 2.05) is 0 Å². The van der Waals surface area contributed by atoms with Gasteiger partial charge in [-0.25, -0.2) is 4.79 Å². The first kappa shape index (κ1) is 18.7. The minimum Gasteiger partial charge on any atom is -0.496 e. The molecule has 0 spiro atoms. The minimum atomic E-state index is -0.654. The Labute approximate surface area is 146 Å². The van der Waals surface area contributed by atoms with Gasteiger partial charge in [0.25, 0.3) is 5.91 Å². The molecule has 0 bridgehead atoms. The molecule has 0 aromatic heterocycles. The summed E-state index contributed by atoms with van der Waals surface area (Å²) in [7, 11) is 2.94. The van der Waals surface area contributed by atoms with Crippen LogP contribution in [-0.2, 0) is 19.1 Å². The van der Waals surface area contributed by atoms with Crippen LogP contribution in [0.2, 0.25) is 0 Å². The highest BCUT2D eigenvalue weighted by atomic mass is 16.5. The molecule has 1 aliphatic rings. The zero-order valence-corrected chi connectivity index (χ0v) is 14.4. The molecule has 8 nitrogen and oxygen atoms in total. The summed E-state index contributed by atoms with van der Waals surface area (Å²) in [5, 5.41) is 0. The van der Waals surface area contributed by atoms with E-state index in [2.05, 4.69) is 0 Å². The van der Waals surface area contributed by atoms with Gasteiger partial charge in [-0.1, -0.05) is 12.1 Å². The number of amides is 2. The molecular weight excluding hydrogens is 328 g/mol. The van der Waals surface area contributed by atoms with Gasteiger partial charge in [0.15, 0.2) is 6.61 Å². The van der Waals surface area contributed by atoms with Crippen molar-refractivity contribution in [2.45, 2.75) is 0 Å². The Bertz CT molecular complexity index is 627. The largest absolute Gasteiger partial charge is 0.496 e. The fourth-order valence-electron chi connectivity index (χ4n) is 2.33. The molecule has 0 atom stereocenters. The third-order valence-corrected chi connectivity index (χ3v) is 3.82. The van der Waals surface area contributed by atoms with Crippen LogP contribution in [0.4, 0.5) is 0 Å². The number of likely N-dealkylation sites (N-methyl/N-ethyl adjacent to an activating group) is 1. The van der Waals surface area contributed by atoms with Crippen molar-refractivity contribution in [2.24, 2.45) is 0 Å². The molecule has 8 heteroatoms. The van der Waals surface area contributed by atoms with Crippen molar-refractivity contribution in [3.05, 3.63) is 29.8 Å². The van der Waals surface area contributed by atoms with Crippen LogP contribution >= 0.6 is 0 Å². The molecular formula is C17H22N2O6. The molecule has 1 aromatic rings. The second-order valence-corrected chi connectivity index (χ2v) is 5.52. The SMILES string of the molecule is COc1ccccc1C(=O)OCC(=O)N(C)CC(=O)N1CCOCC1. The molecule has 0 N–H and O–H groups in total. The Kier molecular flexibility index (Phi) is 6.76. The molecule has 1 aliphatic heterocycles. The summed E-state index contributed by atoms with van der Waals surface area (Å²) < 4.78 is 15.3. The molecule has 1 aromatic carbocycles. The van der Waals surface area contributed by atoms with Crippen LogP contribution < -0.4 is 4.74 Å². The topological polar surface area (TPSA) is 85.4 Å². The van der Waals surface area contributed by atoms with Gasteiger partial charge >= 0.3 is 5.97 Å². The molecule has 2 amide bonds. The van der Waals surface area contributed by atoms with Crippen molar-refractivity contribution >= 4 is 17.8 Å². The van der Waals surface area contributed by atoms with E-state index in [4.69, 9.17) is 14.2 Å². The minimum absolute atomic E-state index is 0.0644. The number of morpholine rings is 1. The van der Waals surface area contributed by atoms with Gasteiger partial charge in [0, 0.05) is 20.1 Å². The Morgan fingerprint density at radius 1 is 1.20 bits per heavy atom. The maximum absolute atomic E-state index is 12.1. The zero-order chi connectivity index (χ0) is 18.2. The summed E-state index contributed by atoms with van der Waals surface area (Å²) in [6, 6.07) is 6.59. The van der Waals surface area contributed by atoms with Gasteiger partial charge in [0.05, 0.1) is 26.9 Å². The van der Waals surface area contributed by atoms with Crippen LogP contribution in [0.1, 0.15) is 10.4 Å².